The Morgan fingerprint density at radius 3 is 2.53 bits per heavy atom. The van der Waals surface area contributed by atoms with Crippen LogP contribution >= 0.6 is 0 Å². The molecule has 1 fully saturated rings. The van der Waals surface area contributed by atoms with Crippen molar-refractivity contribution in [3.8, 4) is 0 Å². The molecule has 0 amide bonds. The van der Waals surface area contributed by atoms with Gasteiger partial charge in [-0.3, -0.25) is 5.10 Å². The van der Waals surface area contributed by atoms with E-state index in [1.54, 1.807) is 4.31 Å². The Balaban J connectivity index is 2.07. The molecule has 1 aromatic heterocycles. The summed E-state index contributed by atoms with van der Waals surface area (Å²) in [5.41, 5.74) is 0. The molecular formula is C11H19N3O2S. The zero-order valence-electron chi connectivity index (χ0n) is 10.3. The molecule has 0 aliphatic carbocycles. The highest BCUT2D eigenvalue weighted by Crippen LogP contribution is 2.27. The van der Waals surface area contributed by atoms with Gasteiger partial charge in [-0.05, 0) is 24.7 Å². The van der Waals surface area contributed by atoms with E-state index in [9.17, 15) is 8.42 Å². The molecule has 5 nitrogen and oxygen atoms in total. The number of aromatic nitrogens is 2. The van der Waals surface area contributed by atoms with Crippen molar-refractivity contribution in [2.24, 2.45) is 11.8 Å². The van der Waals surface area contributed by atoms with Crippen molar-refractivity contribution < 1.29 is 8.42 Å². The highest BCUT2D eigenvalue weighted by Gasteiger charge is 2.30. The van der Waals surface area contributed by atoms with Gasteiger partial charge in [0.25, 0.3) is 0 Å². The number of hydrogen-bond donors (Lipinski definition) is 1. The first-order valence-electron chi connectivity index (χ1n) is 6.00. The van der Waals surface area contributed by atoms with Gasteiger partial charge in [-0.15, -0.1) is 0 Å². The third-order valence-corrected chi connectivity index (χ3v) is 5.42. The zero-order valence-corrected chi connectivity index (χ0v) is 11.1. The lowest BCUT2D eigenvalue weighted by atomic mass is 9.87. The second-order valence-corrected chi connectivity index (χ2v) is 6.86. The molecule has 0 atom stereocenters. The maximum atomic E-state index is 12.2. The second-order valence-electron chi connectivity index (χ2n) is 4.92. The Bertz CT molecular complexity index is 445. The number of hydrogen-bond acceptors (Lipinski definition) is 3. The number of aromatic amines is 1. The lowest BCUT2D eigenvalue weighted by Gasteiger charge is -2.32. The minimum Gasteiger partial charge on any atom is -0.284 e. The summed E-state index contributed by atoms with van der Waals surface area (Å²) in [6, 6.07) is 0. The van der Waals surface area contributed by atoms with E-state index in [1.165, 1.54) is 12.4 Å². The van der Waals surface area contributed by atoms with Crippen molar-refractivity contribution in [2.75, 3.05) is 13.1 Å². The van der Waals surface area contributed by atoms with Crippen LogP contribution in [0.15, 0.2) is 17.3 Å². The second kappa shape index (κ2) is 4.78. The van der Waals surface area contributed by atoms with Crippen LogP contribution in [0.2, 0.25) is 0 Å². The third kappa shape index (κ3) is 2.52. The van der Waals surface area contributed by atoms with Gasteiger partial charge < -0.3 is 0 Å². The summed E-state index contributed by atoms with van der Waals surface area (Å²) in [5, 5.41) is 6.24. The van der Waals surface area contributed by atoms with E-state index in [-0.39, 0.29) is 4.90 Å². The van der Waals surface area contributed by atoms with Crippen molar-refractivity contribution in [3.05, 3.63) is 12.4 Å². The highest BCUT2D eigenvalue weighted by molar-refractivity contribution is 7.89. The average Bonchev–Trinajstić information content (AvgIpc) is 2.83. The minimum absolute atomic E-state index is 0.264. The Morgan fingerprint density at radius 2 is 2.06 bits per heavy atom. The van der Waals surface area contributed by atoms with Crippen LogP contribution in [0, 0.1) is 11.8 Å². The molecule has 2 rings (SSSR count). The smallest absolute Gasteiger partial charge is 0.246 e. The van der Waals surface area contributed by atoms with E-state index in [4.69, 9.17) is 0 Å². The molecule has 1 aliphatic heterocycles. The molecule has 1 saturated heterocycles. The van der Waals surface area contributed by atoms with E-state index in [0.717, 1.165) is 12.8 Å². The summed E-state index contributed by atoms with van der Waals surface area (Å²) >= 11 is 0. The van der Waals surface area contributed by atoms with Crippen LogP contribution in [0.4, 0.5) is 0 Å². The SMILES string of the molecule is CC(C)C1CCN(S(=O)(=O)c2cn[nH]c2)CC1. The summed E-state index contributed by atoms with van der Waals surface area (Å²) in [5.74, 6) is 1.28. The van der Waals surface area contributed by atoms with E-state index in [1.807, 2.05) is 0 Å². The topological polar surface area (TPSA) is 66.1 Å². The van der Waals surface area contributed by atoms with Gasteiger partial charge >= 0.3 is 0 Å². The predicted molar refractivity (Wildman–Crippen MR) is 64.9 cm³/mol. The minimum atomic E-state index is -3.33. The summed E-state index contributed by atoms with van der Waals surface area (Å²) < 4.78 is 25.9. The van der Waals surface area contributed by atoms with Crippen LogP contribution in [-0.4, -0.2) is 36.0 Å². The number of sulfonamides is 1. The van der Waals surface area contributed by atoms with Crippen LogP contribution in [0.5, 0.6) is 0 Å². The Hall–Kier alpha value is -0.880. The highest BCUT2D eigenvalue weighted by atomic mass is 32.2. The van der Waals surface area contributed by atoms with E-state index in [2.05, 4.69) is 24.0 Å². The van der Waals surface area contributed by atoms with Gasteiger partial charge in [0.05, 0.1) is 6.20 Å². The fraction of sp³-hybridized carbons (Fsp3) is 0.727. The molecule has 6 heteroatoms. The summed E-state index contributed by atoms with van der Waals surface area (Å²) in [4.78, 5) is 0.264. The maximum absolute atomic E-state index is 12.2. The van der Waals surface area contributed by atoms with Gasteiger partial charge in [0.15, 0.2) is 0 Å². The predicted octanol–water partition coefficient (Wildman–Crippen LogP) is 1.47. The molecule has 0 unspecified atom stereocenters. The zero-order chi connectivity index (χ0) is 12.5. The van der Waals surface area contributed by atoms with Crippen LogP contribution in [0.25, 0.3) is 0 Å². The van der Waals surface area contributed by atoms with Gasteiger partial charge in [0.2, 0.25) is 10.0 Å². The molecule has 2 heterocycles. The van der Waals surface area contributed by atoms with Crippen molar-refractivity contribution in [1.29, 1.82) is 0 Å². The first-order valence-corrected chi connectivity index (χ1v) is 7.44. The lowest BCUT2D eigenvalue weighted by Crippen LogP contribution is -2.39. The van der Waals surface area contributed by atoms with Crippen LogP contribution in [0.1, 0.15) is 26.7 Å². The molecule has 0 radical (unpaired) electrons. The first kappa shape index (κ1) is 12.6. The van der Waals surface area contributed by atoms with Crippen LogP contribution in [-0.2, 0) is 10.0 Å². The average molecular weight is 257 g/mol. The number of nitrogens with one attached hydrogen (secondary N) is 1. The van der Waals surface area contributed by atoms with E-state index >= 15 is 0 Å². The quantitative estimate of drug-likeness (QED) is 0.891. The van der Waals surface area contributed by atoms with E-state index < -0.39 is 10.0 Å². The standard InChI is InChI=1S/C11H19N3O2S/c1-9(2)10-3-5-14(6-4-10)17(15,16)11-7-12-13-8-11/h7-10H,3-6H2,1-2H3,(H,12,13). The molecule has 1 aliphatic rings. The third-order valence-electron chi connectivity index (χ3n) is 3.55. The first-order chi connectivity index (χ1) is 8.01. The molecule has 0 saturated carbocycles. The molecule has 0 aromatic carbocycles. The Labute approximate surface area is 102 Å². The molecule has 0 bridgehead atoms. The number of rotatable bonds is 3. The van der Waals surface area contributed by atoms with Gasteiger partial charge in [-0.2, -0.15) is 9.40 Å². The van der Waals surface area contributed by atoms with E-state index in [0.29, 0.717) is 24.9 Å². The molecule has 96 valence electrons. The van der Waals surface area contributed by atoms with Crippen LogP contribution < -0.4 is 0 Å². The Kier molecular flexibility index (Phi) is 3.53. The summed E-state index contributed by atoms with van der Waals surface area (Å²) in [7, 11) is -3.33. The Morgan fingerprint density at radius 1 is 1.41 bits per heavy atom. The monoisotopic (exact) mass is 257 g/mol. The van der Waals surface area contributed by atoms with Gasteiger partial charge in [-0.25, -0.2) is 8.42 Å². The molecule has 17 heavy (non-hydrogen) atoms. The number of H-pyrrole nitrogens is 1. The van der Waals surface area contributed by atoms with Crippen LogP contribution in [0.3, 0.4) is 0 Å². The normalized spacial score (nSPS) is 19.9. The van der Waals surface area contributed by atoms with Gasteiger partial charge in [0, 0.05) is 19.3 Å². The molecular weight excluding hydrogens is 238 g/mol. The fourth-order valence-electron chi connectivity index (χ4n) is 2.31. The summed E-state index contributed by atoms with van der Waals surface area (Å²) in [6.07, 6.45) is 4.71. The molecule has 1 aromatic rings. The largest absolute Gasteiger partial charge is 0.284 e. The molecule has 1 N–H and O–H groups in total. The maximum Gasteiger partial charge on any atom is 0.246 e. The van der Waals surface area contributed by atoms with Gasteiger partial charge in [-0.1, -0.05) is 13.8 Å². The van der Waals surface area contributed by atoms with Crippen molar-refractivity contribution >= 4 is 10.0 Å². The fourth-order valence-corrected chi connectivity index (χ4v) is 3.69. The van der Waals surface area contributed by atoms with Gasteiger partial charge in [0.1, 0.15) is 4.90 Å². The molecule has 0 spiro atoms. The lowest BCUT2D eigenvalue weighted by molar-refractivity contribution is 0.226. The van der Waals surface area contributed by atoms with Crippen molar-refractivity contribution in [3.63, 3.8) is 0 Å². The number of piperidine rings is 1. The van der Waals surface area contributed by atoms with Crippen molar-refractivity contribution in [1.82, 2.24) is 14.5 Å². The summed E-state index contributed by atoms with van der Waals surface area (Å²) in [6.45, 7) is 5.64. The number of nitrogens with zero attached hydrogens (tertiary/aromatic N) is 2. The van der Waals surface area contributed by atoms with Crippen molar-refractivity contribution in [2.45, 2.75) is 31.6 Å².